The van der Waals surface area contributed by atoms with Crippen LogP contribution in [0, 0.1) is 11.3 Å². The highest BCUT2D eigenvalue weighted by molar-refractivity contribution is 5.97. The molecule has 1 atom stereocenters. The second-order valence-electron chi connectivity index (χ2n) is 5.63. The van der Waals surface area contributed by atoms with E-state index in [2.05, 4.69) is 0 Å². The second kappa shape index (κ2) is 6.21. The molecule has 3 N–H and O–H groups in total. The van der Waals surface area contributed by atoms with Gasteiger partial charge in [-0.3, -0.25) is 4.79 Å². The zero-order valence-electron chi connectivity index (χ0n) is 13.7. The summed E-state index contributed by atoms with van der Waals surface area (Å²) >= 11 is 0. The van der Waals surface area contributed by atoms with Crippen molar-refractivity contribution in [2.45, 2.75) is 12.8 Å². The van der Waals surface area contributed by atoms with Crippen molar-refractivity contribution in [3.8, 4) is 23.3 Å². The Balaban J connectivity index is 2.26. The number of nitriles is 1. The van der Waals surface area contributed by atoms with Gasteiger partial charge in [-0.15, -0.1) is 0 Å². The molecule has 1 aliphatic rings. The van der Waals surface area contributed by atoms with Crippen LogP contribution in [0.1, 0.15) is 34.3 Å². The van der Waals surface area contributed by atoms with E-state index in [4.69, 9.17) is 15.2 Å². The molecule has 0 saturated heterocycles. The van der Waals surface area contributed by atoms with Crippen LogP contribution in [-0.4, -0.2) is 18.0 Å². The summed E-state index contributed by atoms with van der Waals surface area (Å²) in [4.78, 5) is 11.8. The Hall–Kier alpha value is -3.46. The first kappa shape index (κ1) is 16.4. The minimum Gasteiger partial charge on any atom is -0.507 e. The number of nitrogens with zero attached hydrogens (tertiary/aromatic N) is 1. The van der Waals surface area contributed by atoms with Crippen molar-refractivity contribution in [1.82, 2.24) is 0 Å². The number of allylic oxidation sites excluding steroid dienone is 1. The molecule has 0 aliphatic carbocycles. The lowest BCUT2D eigenvalue weighted by molar-refractivity contribution is 0.101. The number of phenols is 1. The molecule has 126 valence electrons. The zero-order chi connectivity index (χ0) is 18.1. The molecule has 0 radical (unpaired) electrons. The first-order valence-corrected chi connectivity index (χ1v) is 7.56. The minimum atomic E-state index is -0.640. The number of carbonyl (C=O) groups excluding carboxylic acids is 1. The van der Waals surface area contributed by atoms with Crippen molar-refractivity contribution in [1.29, 1.82) is 5.26 Å². The number of fused-ring (bicyclic) bond motifs is 1. The van der Waals surface area contributed by atoms with E-state index < -0.39 is 5.92 Å². The van der Waals surface area contributed by atoms with Crippen LogP contribution in [0.2, 0.25) is 0 Å². The molecule has 1 heterocycles. The summed E-state index contributed by atoms with van der Waals surface area (Å²) < 4.78 is 10.6. The Morgan fingerprint density at radius 1 is 1.28 bits per heavy atom. The molecule has 0 aromatic heterocycles. The fraction of sp³-hybridized carbons (Fsp3) is 0.158. The van der Waals surface area contributed by atoms with Gasteiger partial charge in [0.2, 0.25) is 5.88 Å². The highest BCUT2D eigenvalue weighted by atomic mass is 16.5. The predicted octanol–water partition coefficient (Wildman–Crippen LogP) is 2.82. The number of ether oxygens (including phenoxy) is 2. The van der Waals surface area contributed by atoms with Gasteiger partial charge in [-0.1, -0.05) is 12.1 Å². The molecular weight excluding hydrogens is 320 g/mol. The summed E-state index contributed by atoms with van der Waals surface area (Å²) in [6.07, 6.45) is 0. The molecule has 0 bridgehead atoms. The number of rotatable bonds is 3. The van der Waals surface area contributed by atoms with E-state index in [9.17, 15) is 15.2 Å². The van der Waals surface area contributed by atoms with Crippen LogP contribution in [0.4, 0.5) is 0 Å². The van der Waals surface area contributed by atoms with Crippen LogP contribution in [-0.2, 0) is 0 Å². The summed E-state index contributed by atoms with van der Waals surface area (Å²) in [5.41, 5.74) is 7.31. The minimum absolute atomic E-state index is 0.0224. The highest BCUT2D eigenvalue weighted by Crippen LogP contribution is 2.47. The number of hydrogen-bond donors (Lipinski definition) is 2. The first-order chi connectivity index (χ1) is 12.0. The summed E-state index contributed by atoms with van der Waals surface area (Å²) in [7, 11) is 1.56. The summed E-state index contributed by atoms with van der Waals surface area (Å²) in [6.45, 7) is 1.36. The van der Waals surface area contributed by atoms with Gasteiger partial charge in [-0.25, -0.2) is 0 Å². The molecule has 6 nitrogen and oxygen atoms in total. The summed E-state index contributed by atoms with van der Waals surface area (Å²) in [5.74, 6) is -0.168. The van der Waals surface area contributed by atoms with E-state index in [0.29, 0.717) is 17.1 Å². The van der Waals surface area contributed by atoms with E-state index in [1.807, 2.05) is 6.07 Å². The molecule has 3 rings (SSSR count). The number of carbonyl (C=O) groups is 1. The lowest BCUT2D eigenvalue weighted by Crippen LogP contribution is -2.21. The molecule has 2 aromatic rings. The molecule has 25 heavy (non-hydrogen) atoms. The number of aromatic hydroxyl groups is 1. The summed E-state index contributed by atoms with van der Waals surface area (Å²) in [5, 5.41) is 20.2. The Morgan fingerprint density at radius 3 is 2.52 bits per heavy atom. The Morgan fingerprint density at radius 2 is 1.96 bits per heavy atom. The van der Waals surface area contributed by atoms with E-state index in [0.717, 1.165) is 5.56 Å². The molecular formula is C19H16N2O4. The molecule has 0 amide bonds. The molecule has 0 fully saturated rings. The van der Waals surface area contributed by atoms with Crippen molar-refractivity contribution in [2.24, 2.45) is 5.73 Å². The van der Waals surface area contributed by atoms with Crippen LogP contribution in [0.3, 0.4) is 0 Å². The molecule has 1 unspecified atom stereocenters. The van der Waals surface area contributed by atoms with Gasteiger partial charge in [-0.2, -0.15) is 5.26 Å². The van der Waals surface area contributed by atoms with Gasteiger partial charge in [0, 0.05) is 0 Å². The fourth-order valence-electron chi connectivity index (χ4n) is 2.95. The smallest absolute Gasteiger partial charge is 0.205 e. The van der Waals surface area contributed by atoms with E-state index in [-0.39, 0.29) is 28.6 Å². The molecule has 0 saturated carbocycles. The Kier molecular flexibility index (Phi) is 4.07. The molecule has 0 spiro atoms. The average molecular weight is 336 g/mol. The van der Waals surface area contributed by atoms with Crippen LogP contribution >= 0.6 is 0 Å². The van der Waals surface area contributed by atoms with Crippen molar-refractivity contribution in [2.75, 3.05) is 7.11 Å². The van der Waals surface area contributed by atoms with Crippen molar-refractivity contribution >= 4 is 5.78 Å². The Bertz CT molecular complexity index is 924. The largest absolute Gasteiger partial charge is 0.507 e. The van der Waals surface area contributed by atoms with Gasteiger partial charge in [0.25, 0.3) is 0 Å². The molecule has 1 aliphatic heterocycles. The van der Waals surface area contributed by atoms with Crippen LogP contribution < -0.4 is 15.2 Å². The first-order valence-electron chi connectivity index (χ1n) is 7.56. The van der Waals surface area contributed by atoms with Crippen molar-refractivity contribution < 1.29 is 19.4 Å². The number of methoxy groups -OCH3 is 1. The molecule has 2 aromatic carbocycles. The lowest BCUT2D eigenvalue weighted by Gasteiger charge is -2.27. The standard InChI is InChI=1S/C19H16N2O4/c1-10(22)13-7-8-15-17(18(13)23)16(14(9-20)19(21)25-15)11-3-5-12(24-2)6-4-11/h3-8,16,23H,21H2,1-2H3. The maximum atomic E-state index is 11.8. The van der Waals surface area contributed by atoms with Gasteiger partial charge in [0.15, 0.2) is 5.78 Å². The maximum absolute atomic E-state index is 11.8. The maximum Gasteiger partial charge on any atom is 0.205 e. The predicted molar refractivity (Wildman–Crippen MR) is 90.4 cm³/mol. The Labute approximate surface area is 144 Å². The average Bonchev–Trinajstić information content (AvgIpc) is 2.60. The summed E-state index contributed by atoms with van der Waals surface area (Å²) in [6, 6.07) is 12.2. The van der Waals surface area contributed by atoms with Gasteiger partial charge in [-0.05, 0) is 36.8 Å². The highest BCUT2D eigenvalue weighted by Gasteiger charge is 2.34. The zero-order valence-corrected chi connectivity index (χ0v) is 13.7. The van der Waals surface area contributed by atoms with E-state index in [1.54, 1.807) is 37.4 Å². The van der Waals surface area contributed by atoms with Crippen molar-refractivity contribution in [3.05, 3.63) is 64.5 Å². The SMILES string of the molecule is COc1ccc(C2C(C#N)=C(N)Oc3ccc(C(C)=O)c(O)c32)cc1. The quantitative estimate of drug-likeness (QED) is 0.835. The fourth-order valence-corrected chi connectivity index (χ4v) is 2.95. The monoisotopic (exact) mass is 336 g/mol. The van der Waals surface area contributed by atoms with Crippen LogP contribution in [0.15, 0.2) is 47.9 Å². The van der Waals surface area contributed by atoms with Crippen molar-refractivity contribution in [3.63, 3.8) is 0 Å². The normalized spacial score (nSPS) is 15.8. The van der Waals surface area contributed by atoms with Gasteiger partial charge < -0.3 is 20.3 Å². The number of benzene rings is 2. The topological polar surface area (TPSA) is 106 Å². The third-order valence-corrected chi connectivity index (χ3v) is 4.19. The van der Waals surface area contributed by atoms with Gasteiger partial charge in [0.05, 0.1) is 24.2 Å². The molecule has 6 heteroatoms. The number of phenolic OH excluding ortho intramolecular Hbond substituents is 1. The second-order valence-corrected chi connectivity index (χ2v) is 5.63. The number of ketones is 1. The third kappa shape index (κ3) is 2.66. The number of Topliss-reactive ketones (excluding diaryl/α,β-unsaturated/α-hetero) is 1. The van der Waals surface area contributed by atoms with Crippen LogP contribution in [0.5, 0.6) is 17.2 Å². The van der Waals surface area contributed by atoms with Gasteiger partial charge >= 0.3 is 0 Å². The van der Waals surface area contributed by atoms with Crippen LogP contribution in [0.25, 0.3) is 0 Å². The lowest BCUT2D eigenvalue weighted by atomic mass is 9.82. The third-order valence-electron chi connectivity index (χ3n) is 4.19. The van der Waals surface area contributed by atoms with Gasteiger partial charge in [0.1, 0.15) is 28.9 Å². The number of nitrogens with two attached hydrogens (primary N) is 1. The van der Waals surface area contributed by atoms with E-state index >= 15 is 0 Å². The number of hydrogen-bond acceptors (Lipinski definition) is 6. The van der Waals surface area contributed by atoms with E-state index in [1.165, 1.54) is 13.0 Å².